The van der Waals surface area contributed by atoms with Gasteiger partial charge in [-0.25, -0.2) is 0 Å². The van der Waals surface area contributed by atoms with Crippen molar-refractivity contribution >= 4 is 11.8 Å². The molecule has 1 aromatic rings. The number of azo groups is 1. The smallest absolute Gasteiger partial charge is 0.353 e. The number of hydrogen-bond donors (Lipinski definition) is 1. The summed E-state index contributed by atoms with van der Waals surface area (Å²) in [6.45, 7) is 0. The number of alkyl halides is 3. The van der Waals surface area contributed by atoms with Crippen LogP contribution in [0.1, 0.15) is 30.4 Å². The van der Waals surface area contributed by atoms with E-state index in [4.69, 9.17) is 0 Å². The standard InChI is InChI=1S/C17H16F3N3O2/c18-17(19,20)12-3-1-2-10(6-12)7-15(24)21-13-4-5-14-11(8-13)9-16(25)23-22-14/h1-3,6,9,13-14H,4-5,7-8H2,(H,21,24). The SMILES string of the molecule is O=C1C=C2CC(NC(=O)Cc3cccc(C(F)(F)F)c3)CCC2N=N1. The molecule has 3 rings (SSSR count). The molecule has 2 unspecified atom stereocenters. The lowest BCUT2D eigenvalue weighted by Gasteiger charge is -2.30. The Morgan fingerprint density at radius 2 is 2.08 bits per heavy atom. The van der Waals surface area contributed by atoms with Crippen LogP contribution in [0.15, 0.2) is 46.1 Å². The molecule has 0 aromatic heterocycles. The Morgan fingerprint density at radius 3 is 2.84 bits per heavy atom. The first kappa shape index (κ1) is 17.3. The second-order valence-electron chi connectivity index (χ2n) is 6.21. The zero-order valence-electron chi connectivity index (χ0n) is 13.2. The van der Waals surface area contributed by atoms with Crippen LogP contribution >= 0.6 is 0 Å². The van der Waals surface area contributed by atoms with Crippen LogP contribution in [-0.4, -0.2) is 23.9 Å². The largest absolute Gasteiger partial charge is 0.416 e. The predicted octanol–water partition coefficient (Wildman–Crippen LogP) is 3.20. The lowest BCUT2D eigenvalue weighted by atomic mass is 9.86. The van der Waals surface area contributed by atoms with E-state index in [0.29, 0.717) is 24.8 Å². The van der Waals surface area contributed by atoms with Crippen molar-refractivity contribution in [1.82, 2.24) is 5.32 Å². The van der Waals surface area contributed by atoms with Gasteiger partial charge in [-0.3, -0.25) is 9.59 Å². The summed E-state index contributed by atoms with van der Waals surface area (Å²) in [4.78, 5) is 23.4. The van der Waals surface area contributed by atoms with Crippen molar-refractivity contribution in [1.29, 1.82) is 0 Å². The summed E-state index contributed by atoms with van der Waals surface area (Å²) in [5.74, 6) is -0.741. The van der Waals surface area contributed by atoms with Crippen molar-refractivity contribution in [2.75, 3.05) is 0 Å². The van der Waals surface area contributed by atoms with Crippen LogP contribution in [0.2, 0.25) is 0 Å². The normalized spacial score (nSPS) is 23.0. The number of benzene rings is 1. The van der Waals surface area contributed by atoms with E-state index in [1.54, 1.807) is 0 Å². The highest BCUT2D eigenvalue weighted by Crippen LogP contribution is 2.30. The number of nitrogens with zero attached hydrogens (tertiary/aromatic N) is 2. The fourth-order valence-corrected chi connectivity index (χ4v) is 3.11. The Morgan fingerprint density at radius 1 is 1.28 bits per heavy atom. The number of carbonyl (C=O) groups excluding carboxylic acids is 2. The van der Waals surface area contributed by atoms with Gasteiger partial charge in [0.1, 0.15) is 0 Å². The summed E-state index contributed by atoms with van der Waals surface area (Å²) in [6.07, 6.45) is -1.24. The lowest BCUT2D eigenvalue weighted by Crippen LogP contribution is -2.40. The molecule has 1 N–H and O–H groups in total. The van der Waals surface area contributed by atoms with Gasteiger partial charge in [-0.1, -0.05) is 18.2 Å². The van der Waals surface area contributed by atoms with Crippen molar-refractivity contribution in [2.45, 2.75) is 43.9 Å². The number of rotatable bonds is 3. The molecule has 1 fully saturated rings. The molecular weight excluding hydrogens is 335 g/mol. The third-order valence-electron chi connectivity index (χ3n) is 4.29. The fraction of sp³-hybridized carbons (Fsp3) is 0.412. The topological polar surface area (TPSA) is 70.9 Å². The van der Waals surface area contributed by atoms with Gasteiger partial charge in [0.15, 0.2) is 0 Å². The molecule has 0 spiro atoms. The minimum absolute atomic E-state index is 0.102. The maximum Gasteiger partial charge on any atom is 0.416 e. The summed E-state index contributed by atoms with van der Waals surface area (Å²) < 4.78 is 38.1. The molecule has 2 atom stereocenters. The number of carbonyl (C=O) groups is 2. The van der Waals surface area contributed by atoms with E-state index in [2.05, 4.69) is 15.5 Å². The Labute approximate surface area is 142 Å². The first-order valence-electron chi connectivity index (χ1n) is 7.92. The van der Waals surface area contributed by atoms with Crippen LogP contribution < -0.4 is 5.32 Å². The minimum Gasteiger partial charge on any atom is -0.353 e. The molecule has 0 radical (unpaired) electrons. The van der Waals surface area contributed by atoms with E-state index in [9.17, 15) is 22.8 Å². The summed E-state index contributed by atoms with van der Waals surface area (Å²) in [5.41, 5.74) is 0.382. The quantitative estimate of drug-likeness (QED) is 0.908. The van der Waals surface area contributed by atoms with Crippen molar-refractivity contribution in [3.05, 3.63) is 47.0 Å². The highest BCUT2D eigenvalue weighted by molar-refractivity contribution is 5.89. The number of halogens is 3. The van der Waals surface area contributed by atoms with Gasteiger partial charge in [-0.05, 0) is 36.5 Å². The van der Waals surface area contributed by atoms with Gasteiger partial charge in [0.05, 0.1) is 18.0 Å². The van der Waals surface area contributed by atoms with E-state index in [0.717, 1.165) is 17.7 Å². The van der Waals surface area contributed by atoms with Gasteiger partial charge in [-0.15, -0.1) is 5.11 Å². The maximum atomic E-state index is 12.7. The number of nitrogens with one attached hydrogen (secondary N) is 1. The van der Waals surface area contributed by atoms with Crippen LogP contribution in [0, 0.1) is 0 Å². The zero-order valence-corrected chi connectivity index (χ0v) is 13.2. The molecule has 5 nitrogen and oxygen atoms in total. The first-order valence-corrected chi connectivity index (χ1v) is 7.92. The zero-order chi connectivity index (χ0) is 18.0. The van der Waals surface area contributed by atoms with Crippen LogP contribution in [0.3, 0.4) is 0 Å². The average molecular weight is 351 g/mol. The summed E-state index contributed by atoms with van der Waals surface area (Å²) >= 11 is 0. The molecule has 1 heterocycles. The summed E-state index contributed by atoms with van der Waals surface area (Å²) in [5, 5.41) is 10.3. The molecule has 0 bridgehead atoms. The summed E-state index contributed by atoms with van der Waals surface area (Å²) in [7, 11) is 0. The fourth-order valence-electron chi connectivity index (χ4n) is 3.11. The molecule has 1 saturated carbocycles. The highest BCUT2D eigenvalue weighted by atomic mass is 19.4. The van der Waals surface area contributed by atoms with Crippen molar-refractivity contribution in [3.8, 4) is 0 Å². The molecule has 8 heteroatoms. The molecule has 2 aliphatic rings. The van der Waals surface area contributed by atoms with Gasteiger partial charge in [-0.2, -0.15) is 18.3 Å². The Balaban J connectivity index is 1.59. The third kappa shape index (κ3) is 4.32. The predicted molar refractivity (Wildman–Crippen MR) is 82.7 cm³/mol. The molecule has 2 amide bonds. The minimum atomic E-state index is -4.43. The van der Waals surface area contributed by atoms with E-state index in [1.807, 2.05) is 0 Å². The second-order valence-corrected chi connectivity index (χ2v) is 6.21. The van der Waals surface area contributed by atoms with Crippen LogP contribution in [0.4, 0.5) is 13.2 Å². The lowest BCUT2D eigenvalue weighted by molar-refractivity contribution is -0.137. The molecule has 1 aliphatic heterocycles. The second kappa shape index (κ2) is 6.78. The molecule has 1 aromatic carbocycles. The van der Waals surface area contributed by atoms with E-state index >= 15 is 0 Å². The van der Waals surface area contributed by atoms with Crippen molar-refractivity contribution in [3.63, 3.8) is 0 Å². The average Bonchev–Trinajstić information content (AvgIpc) is 2.53. The monoisotopic (exact) mass is 351 g/mol. The highest BCUT2D eigenvalue weighted by Gasteiger charge is 2.31. The van der Waals surface area contributed by atoms with Crippen LogP contribution in [0.25, 0.3) is 0 Å². The van der Waals surface area contributed by atoms with E-state index < -0.39 is 17.6 Å². The molecule has 132 valence electrons. The van der Waals surface area contributed by atoms with Gasteiger partial charge < -0.3 is 5.32 Å². The van der Waals surface area contributed by atoms with Crippen molar-refractivity contribution in [2.24, 2.45) is 10.2 Å². The Kier molecular flexibility index (Phi) is 4.69. The van der Waals surface area contributed by atoms with Gasteiger partial charge in [0.25, 0.3) is 5.91 Å². The van der Waals surface area contributed by atoms with E-state index in [1.165, 1.54) is 18.2 Å². The van der Waals surface area contributed by atoms with Gasteiger partial charge >= 0.3 is 6.18 Å². The Hall–Kier alpha value is -2.51. The molecule has 0 saturated heterocycles. The van der Waals surface area contributed by atoms with Crippen molar-refractivity contribution < 1.29 is 22.8 Å². The molecule has 25 heavy (non-hydrogen) atoms. The number of fused-ring (bicyclic) bond motifs is 1. The van der Waals surface area contributed by atoms with Gasteiger partial charge in [0.2, 0.25) is 5.91 Å². The maximum absolute atomic E-state index is 12.7. The molecular formula is C17H16F3N3O2. The van der Waals surface area contributed by atoms with Crippen LogP contribution in [0.5, 0.6) is 0 Å². The van der Waals surface area contributed by atoms with Gasteiger partial charge in [0, 0.05) is 12.1 Å². The first-order chi connectivity index (χ1) is 11.8. The van der Waals surface area contributed by atoms with E-state index in [-0.39, 0.29) is 24.4 Å². The summed E-state index contributed by atoms with van der Waals surface area (Å²) in [6, 6.07) is 4.49. The third-order valence-corrected chi connectivity index (χ3v) is 4.29. The molecule has 1 aliphatic carbocycles. The number of hydrogen-bond acceptors (Lipinski definition) is 3. The van der Waals surface area contributed by atoms with Crippen LogP contribution in [-0.2, 0) is 22.2 Å². The Bertz CT molecular complexity index is 756. The number of amides is 2.